The van der Waals surface area contributed by atoms with Gasteiger partial charge >= 0.3 is 0 Å². The van der Waals surface area contributed by atoms with Crippen LogP contribution in [0.25, 0.3) is 33.3 Å². The van der Waals surface area contributed by atoms with E-state index in [0.29, 0.717) is 6.01 Å². The van der Waals surface area contributed by atoms with Crippen LogP contribution in [0.2, 0.25) is 0 Å². The number of anilines is 2. The van der Waals surface area contributed by atoms with E-state index in [1.807, 2.05) is 30.5 Å². The molecule has 30 heavy (non-hydrogen) atoms. The summed E-state index contributed by atoms with van der Waals surface area (Å²) in [6.07, 6.45) is 5.61. The van der Waals surface area contributed by atoms with E-state index in [2.05, 4.69) is 37.6 Å². The second-order valence-electron chi connectivity index (χ2n) is 7.74. The predicted octanol–water partition coefficient (Wildman–Crippen LogP) is 4.38. The zero-order chi connectivity index (χ0) is 20.3. The second kappa shape index (κ2) is 8.28. The molecular weight excluding hydrogens is 376 g/mol. The lowest BCUT2D eigenvalue weighted by atomic mass is 10.0. The summed E-state index contributed by atoms with van der Waals surface area (Å²) in [4.78, 5) is 16.3. The first-order chi connectivity index (χ1) is 14.8. The summed E-state index contributed by atoms with van der Waals surface area (Å²) in [6, 6.07) is 12.7. The molecule has 7 heteroatoms. The van der Waals surface area contributed by atoms with Crippen LogP contribution in [0.1, 0.15) is 19.3 Å². The highest BCUT2D eigenvalue weighted by Gasteiger charge is 2.11. The average Bonchev–Trinajstić information content (AvgIpc) is 3.45. The Balaban J connectivity index is 1.32. The minimum Gasteiger partial charge on any atom is -0.424 e. The van der Waals surface area contributed by atoms with E-state index < -0.39 is 0 Å². The summed E-state index contributed by atoms with van der Waals surface area (Å²) in [5.74, 6) is 0.826. The molecule has 2 N–H and O–H groups in total. The molecule has 1 saturated heterocycles. The number of benzene rings is 2. The largest absolute Gasteiger partial charge is 0.424 e. The molecule has 0 aliphatic carbocycles. The molecule has 0 saturated carbocycles. The van der Waals surface area contributed by atoms with Crippen molar-refractivity contribution in [2.24, 2.45) is 0 Å². The molecule has 1 aliphatic rings. The molecule has 1 aliphatic heterocycles. The van der Waals surface area contributed by atoms with Crippen LogP contribution >= 0.6 is 0 Å². The minimum atomic E-state index is 0.520. The van der Waals surface area contributed by atoms with Gasteiger partial charge in [0.2, 0.25) is 0 Å². The Bertz CT molecular complexity index is 1170. The number of hydrogen-bond donors (Lipinski definition) is 2. The van der Waals surface area contributed by atoms with E-state index >= 15 is 0 Å². The summed E-state index contributed by atoms with van der Waals surface area (Å²) in [6.45, 7) is 4.55. The van der Waals surface area contributed by atoms with Gasteiger partial charge in [-0.3, -0.25) is 4.98 Å². The molecular formula is C23H26N6O. The molecule has 154 valence electrons. The standard InChI is InChI=1S/C23H26N6O/c1-24-23-28-20-14-17(6-8-21(20)30-23)16-5-7-18-19(13-16)27-22(15-26-18)25-9-4-12-29-10-2-3-11-29/h5-8,13-15H,2-4,9-12H2,1H3,(H,24,28)(H,25,27). The SMILES string of the molecule is CNc1nc2cc(-c3ccc4ncc(NCCCN5CCCC5)nc4c3)ccc2o1. The molecule has 0 radical (unpaired) electrons. The molecule has 2 aromatic heterocycles. The number of likely N-dealkylation sites (tertiary alicyclic amines) is 1. The van der Waals surface area contributed by atoms with E-state index in [-0.39, 0.29) is 0 Å². The van der Waals surface area contributed by atoms with Crippen molar-refractivity contribution in [3.05, 3.63) is 42.6 Å². The number of nitrogens with zero attached hydrogens (tertiary/aromatic N) is 4. The van der Waals surface area contributed by atoms with Crippen LogP contribution in [0.15, 0.2) is 47.0 Å². The molecule has 0 amide bonds. The number of hydrogen-bond acceptors (Lipinski definition) is 7. The minimum absolute atomic E-state index is 0.520. The van der Waals surface area contributed by atoms with Gasteiger partial charge in [0.05, 0.1) is 17.2 Å². The number of nitrogens with one attached hydrogen (secondary N) is 2. The first-order valence-electron chi connectivity index (χ1n) is 10.6. The number of oxazole rings is 1. The first kappa shape index (κ1) is 18.8. The van der Waals surface area contributed by atoms with E-state index in [4.69, 9.17) is 9.40 Å². The van der Waals surface area contributed by atoms with Gasteiger partial charge in [0.25, 0.3) is 6.01 Å². The third kappa shape index (κ3) is 3.93. The van der Waals surface area contributed by atoms with Crippen LogP contribution in [0.4, 0.5) is 11.8 Å². The molecule has 4 aromatic rings. The normalized spacial score (nSPS) is 14.6. The molecule has 0 unspecified atom stereocenters. The molecule has 0 spiro atoms. The molecule has 5 rings (SSSR count). The third-order valence-corrected chi connectivity index (χ3v) is 5.63. The molecule has 7 nitrogen and oxygen atoms in total. The lowest BCUT2D eigenvalue weighted by Crippen LogP contribution is -2.22. The highest BCUT2D eigenvalue weighted by atomic mass is 16.4. The molecule has 3 heterocycles. The van der Waals surface area contributed by atoms with Crippen molar-refractivity contribution < 1.29 is 4.42 Å². The quantitative estimate of drug-likeness (QED) is 0.444. The highest BCUT2D eigenvalue weighted by molar-refractivity contribution is 5.86. The van der Waals surface area contributed by atoms with Gasteiger partial charge < -0.3 is 20.0 Å². The van der Waals surface area contributed by atoms with Crippen LogP contribution in [-0.4, -0.2) is 53.1 Å². The Labute approximate surface area is 175 Å². The summed E-state index contributed by atoms with van der Waals surface area (Å²) in [5, 5.41) is 6.36. The number of aromatic nitrogens is 3. The van der Waals surface area contributed by atoms with Crippen molar-refractivity contribution in [2.75, 3.05) is 43.9 Å². The maximum Gasteiger partial charge on any atom is 0.295 e. The van der Waals surface area contributed by atoms with Gasteiger partial charge in [0, 0.05) is 13.6 Å². The Morgan fingerprint density at radius 3 is 2.60 bits per heavy atom. The Morgan fingerprint density at radius 2 is 1.77 bits per heavy atom. The Kier molecular flexibility index (Phi) is 5.19. The fraction of sp³-hybridized carbons (Fsp3) is 0.348. The van der Waals surface area contributed by atoms with E-state index in [9.17, 15) is 0 Å². The van der Waals surface area contributed by atoms with Crippen molar-refractivity contribution >= 4 is 34.0 Å². The van der Waals surface area contributed by atoms with Crippen molar-refractivity contribution in [3.8, 4) is 11.1 Å². The Morgan fingerprint density at radius 1 is 0.967 bits per heavy atom. The highest BCUT2D eigenvalue weighted by Crippen LogP contribution is 2.28. The van der Waals surface area contributed by atoms with Crippen LogP contribution < -0.4 is 10.6 Å². The van der Waals surface area contributed by atoms with Crippen LogP contribution in [-0.2, 0) is 0 Å². The van der Waals surface area contributed by atoms with Gasteiger partial charge in [-0.1, -0.05) is 12.1 Å². The number of fused-ring (bicyclic) bond motifs is 2. The zero-order valence-corrected chi connectivity index (χ0v) is 17.2. The van der Waals surface area contributed by atoms with Crippen LogP contribution in [0, 0.1) is 0 Å². The zero-order valence-electron chi connectivity index (χ0n) is 17.2. The second-order valence-corrected chi connectivity index (χ2v) is 7.74. The van der Waals surface area contributed by atoms with Crippen molar-refractivity contribution in [3.63, 3.8) is 0 Å². The van der Waals surface area contributed by atoms with Gasteiger partial charge in [-0.2, -0.15) is 4.98 Å². The van der Waals surface area contributed by atoms with Crippen molar-refractivity contribution in [1.82, 2.24) is 19.9 Å². The monoisotopic (exact) mass is 402 g/mol. The van der Waals surface area contributed by atoms with Gasteiger partial charge in [-0.25, -0.2) is 4.98 Å². The molecule has 0 bridgehead atoms. The van der Waals surface area contributed by atoms with Gasteiger partial charge in [0.1, 0.15) is 11.3 Å². The summed E-state index contributed by atoms with van der Waals surface area (Å²) < 4.78 is 5.62. The molecule has 0 atom stereocenters. The lowest BCUT2D eigenvalue weighted by molar-refractivity contribution is 0.337. The molecule has 1 fully saturated rings. The van der Waals surface area contributed by atoms with Gasteiger partial charge in [-0.15, -0.1) is 0 Å². The number of rotatable bonds is 7. The summed E-state index contributed by atoms with van der Waals surface area (Å²) >= 11 is 0. The predicted molar refractivity (Wildman–Crippen MR) is 121 cm³/mol. The maximum absolute atomic E-state index is 5.62. The Hall–Kier alpha value is -3.19. The topological polar surface area (TPSA) is 79.1 Å². The lowest BCUT2D eigenvalue weighted by Gasteiger charge is -2.14. The van der Waals surface area contributed by atoms with E-state index in [1.54, 1.807) is 7.05 Å². The average molecular weight is 403 g/mol. The first-order valence-corrected chi connectivity index (χ1v) is 10.6. The van der Waals surface area contributed by atoms with Crippen molar-refractivity contribution in [1.29, 1.82) is 0 Å². The summed E-state index contributed by atoms with van der Waals surface area (Å²) in [7, 11) is 1.80. The molecule has 2 aromatic carbocycles. The smallest absolute Gasteiger partial charge is 0.295 e. The van der Waals surface area contributed by atoms with Crippen LogP contribution in [0.3, 0.4) is 0 Å². The summed E-state index contributed by atoms with van der Waals surface area (Å²) in [5.41, 5.74) is 5.53. The van der Waals surface area contributed by atoms with Crippen molar-refractivity contribution in [2.45, 2.75) is 19.3 Å². The fourth-order valence-corrected chi connectivity index (χ4v) is 4.02. The third-order valence-electron chi connectivity index (χ3n) is 5.63. The van der Waals surface area contributed by atoms with E-state index in [0.717, 1.165) is 58.6 Å². The van der Waals surface area contributed by atoms with E-state index in [1.165, 1.54) is 25.9 Å². The van der Waals surface area contributed by atoms with Gasteiger partial charge in [-0.05, 0) is 74.3 Å². The van der Waals surface area contributed by atoms with Crippen LogP contribution in [0.5, 0.6) is 0 Å². The maximum atomic E-state index is 5.62. The van der Waals surface area contributed by atoms with Gasteiger partial charge in [0.15, 0.2) is 5.58 Å². The fourth-order valence-electron chi connectivity index (χ4n) is 4.02.